The molecule has 0 fully saturated rings. The maximum absolute atomic E-state index is 12.1. The molecule has 2 heterocycles. The zero-order chi connectivity index (χ0) is 20.6. The van der Waals surface area contributed by atoms with Crippen molar-refractivity contribution in [3.63, 3.8) is 0 Å². The molecule has 1 atom stereocenters. The van der Waals surface area contributed by atoms with Crippen LogP contribution in [0.1, 0.15) is 31.1 Å². The molecule has 0 saturated carbocycles. The third kappa shape index (κ3) is 3.75. The van der Waals surface area contributed by atoms with E-state index in [-0.39, 0.29) is 33.6 Å². The van der Waals surface area contributed by atoms with Gasteiger partial charge in [0.25, 0.3) is 10.9 Å². The van der Waals surface area contributed by atoms with E-state index in [2.05, 4.69) is 10.6 Å². The quantitative estimate of drug-likeness (QED) is 0.478. The zero-order valence-electron chi connectivity index (χ0n) is 15.9. The van der Waals surface area contributed by atoms with Gasteiger partial charge in [0.15, 0.2) is 9.96 Å². The maximum Gasteiger partial charge on any atom is 0.253 e. The molecule has 0 aliphatic carbocycles. The smallest absolute Gasteiger partial charge is 0.253 e. The number of hydrogen-bond donors (Lipinski definition) is 3. The van der Waals surface area contributed by atoms with Crippen molar-refractivity contribution in [1.29, 1.82) is 0 Å². The fraction of sp³-hybridized carbons (Fsp3) is 0.333. The Balaban J connectivity index is 1.76. The molecule has 10 heteroatoms. The third-order valence-electron chi connectivity index (χ3n) is 4.17. The highest BCUT2D eigenvalue weighted by Crippen LogP contribution is 2.39. The lowest BCUT2D eigenvalue weighted by atomic mass is 10.1. The van der Waals surface area contributed by atoms with Gasteiger partial charge in [-0.1, -0.05) is 13.8 Å². The van der Waals surface area contributed by atoms with Crippen LogP contribution < -0.4 is 21.5 Å². The number of aromatic hydroxyl groups is 1. The van der Waals surface area contributed by atoms with E-state index in [1.807, 2.05) is 19.9 Å². The lowest BCUT2D eigenvalue weighted by Crippen LogP contribution is -2.36. The highest BCUT2D eigenvalue weighted by Gasteiger charge is 2.24. The predicted molar refractivity (Wildman–Crippen MR) is 111 cm³/mol. The normalized spacial score (nSPS) is 12.8. The molecule has 3 N–H and O–H groups in total. The summed E-state index contributed by atoms with van der Waals surface area (Å²) in [6.45, 7) is 4.34. The Morgan fingerprint density at radius 2 is 1.93 bits per heavy atom. The van der Waals surface area contributed by atoms with Crippen molar-refractivity contribution in [3.8, 4) is 5.75 Å². The molecule has 3 aromatic rings. The van der Waals surface area contributed by atoms with Crippen LogP contribution in [0.3, 0.4) is 0 Å². The molecule has 0 aliphatic heterocycles. The lowest BCUT2D eigenvalue weighted by Gasteiger charge is -2.14. The number of rotatable bonds is 8. The van der Waals surface area contributed by atoms with Crippen molar-refractivity contribution < 1.29 is 13.7 Å². The number of furan rings is 1. The topological polar surface area (TPSA) is 112 Å². The van der Waals surface area contributed by atoms with Crippen LogP contribution >= 0.6 is 11.3 Å². The minimum atomic E-state index is -1.51. The minimum absolute atomic E-state index is 0.0657. The molecule has 1 aromatic carbocycles. The molecule has 0 spiro atoms. The first-order chi connectivity index (χ1) is 13.2. The van der Waals surface area contributed by atoms with Gasteiger partial charge in [-0.15, -0.1) is 11.3 Å². The average molecular weight is 424 g/mol. The van der Waals surface area contributed by atoms with Crippen molar-refractivity contribution in [2.45, 2.75) is 30.5 Å². The van der Waals surface area contributed by atoms with E-state index in [1.54, 1.807) is 25.7 Å². The number of nitrogens with zero attached hydrogens (tertiary/aromatic N) is 1. The second-order valence-electron chi connectivity index (χ2n) is 6.73. The first-order valence-corrected chi connectivity index (χ1v) is 10.5. The second kappa shape index (κ2) is 7.90. The molecule has 3 rings (SSSR count). The standard InChI is InChI=1S/C18H21N3O5S2/c1-9(2)10-5-11(26-7-10)6-19-13-14(17(24)16(13)23)20-12-8-27-18(15(12)22)28(25)21(3)4/h5,7-9,19-20,22H,6H2,1-4H3. The molecule has 0 saturated heterocycles. The monoisotopic (exact) mass is 423 g/mol. The maximum atomic E-state index is 12.1. The van der Waals surface area contributed by atoms with Crippen molar-refractivity contribution in [1.82, 2.24) is 4.31 Å². The third-order valence-corrected chi connectivity index (χ3v) is 6.82. The second-order valence-corrected chi connectivity index (χ2v) is 9.51. The van der Waals surface area contributed by atoms with Crippen LogP contribution in [0, 0.1) is 0 Å². The van der Waals surface area contributed by atoms with Crippen LogP contribution in [-0.2, 0) is 17.5 Å². The Bertz CT molecular complexity index is 1090. The summed E-state index contributed by atoms with van der Waals surface area (Å²) in [7, 11) is 1.74. The summed E-state index contributed by atoms with van der Waals surface area (Å²) >= 11 is 1.10. The van der Waals surface area contributed by atoms with Crippen molar-refractivity contribution in [2.75, 3.05) is 24.7 Å². The molecule has 0 radical (unpaired) electrons. The van der Waals surface area contributed by atoms with Crippen molar-refractivity contribution >= 4 is 39.4 Å². The van der Waals surface area contributed by atoms with E-state index in [0.717, 1.165) is 16.9 Å². The summed E-state index contributed by atoms with van der Waals surface area (Å²) in [4.78, 5) is 23.9. The van der Waals surface area contributed by atoms with E-state index < -0.39 is 21.8 Å². The minimum Gasteiger partial charge on any atom is -0.504 e. The van der Waals surface area contributed by atoms with Gasteiger partial charge in [0, 0.05) is 5.38 Å². The van der Waals surface area contributed by atoms with Gasteiger partial charge in [0.2, 0.25) is 0 Å². The molecular weight excluding hydrogens is 402 g/mol. The fourth-order valence-electron chi connectivity index (χ4n) is 2.50. The zero-order valence-corrected chi connectivity index (χ0v) is 17.5. The van der Waals surface area contributed by atoms with Crippen molar-refractivity contribution in [3.05, 3.63) is 49.5 Å². The van der Waals surface area contributed by atoms with E-state index in [1.165, 1.54) is 4.31 Å². The highest BCUT2D eigenvalue weighted by atomic mass is 32.2. The SMILES string of the molecule is CC(C)c1coc(CNc2c(Nc3csc(S(=O)N(C)C)c3O)c(=O)c2=O)c1. The summed E-state index contributed by atoms with van der Waals surface area (Å²) in [6.07, 6.45) is 1.67. The molecule has 0 aliphatic rings. The summed E-state index contributed by atoms with van der Waals surface area (Å²) in [5, 5.41) is 17.5. The van der Waals surface area contributed by atoms with Crippen LogP contribution in [0.15, 0.2) is 35.9 Å². The Hall–Kier alpha value is -2.43. The number of hydrogen-bond acceptors (Lipinski definition) is 8. The first kappa shape index (κ1) is 20.3. The number of anilines is 3. The molecule has 8 nitrogen and oxygen atoms in total. The lowest BCUT2D eigenvalue weighted by molar-refractivity contribution is 0.466. The summed E-state index contributed by atoms with van der Waals surface area (Å²) in [5.74, 6) is 0.762. The van der Waals surface area contributed by atoms with E-state index in [4.69, 9.17) is 4.42 Å². The summed E-state index contributed by atoms with van der Waals surface area (Å²) < 4.78 is 19.3. The molecule has 1 unspecified atom stereocenters. The van der Waals surface area contributed by atoms with Crippen LogP contribution in [-0.4, -0.2) is 27.7 Å². The largest absolute Gasteiger partial charge is 0.504 e. The van der Waals surface area contributed by atoms with Crippen LogP contribution in [0.5, 0.6) is 5.75 Å². The first-order valence-electron chi connectivity index (χ1n) is 8.51. The van der Waals surface area contributed by atoms with Gasteiger partial charge in [-0.2, -0.15) is 0 Å². The van der Waals surface area contributed by atoms with Crippen LogP contribution in [0.2, 0.25) is 0 Å². The Kier molecular flexibility index (Phi) is 5.73. The van der Waals surface area contributed by atoms with Gasteiger partial charge < -0.3 is 20.2 Å². The van der Waals surface area contributed by atoms with Gasteiger partial charge in [0.05, 0.1) is 18.5 Å². The number of thiophene rings is 1. The van der Waals surface area contributed by atoms with Crippen LogP contribution in [0.4, 0.5) is 17.1 Å². The van der Waals surface area contributed by atoms with E-state index >= 15 is 0 Å². The van der Waals surface area contributed by atoms with Gasteiger partial charge >= 0.3 is 0 Å². The van der Waals surface area contributed by atoms with Crippen LogP contribution in [0.25, 0.3) is 0 Å². The molecule has 0 amide bonds. The van der Waals surface area contributed by atoms with E-state index in [9.17, 15) is 18.9 Å². The molecule has 28 heavy (non-hydrogen) atoms. The van der Waals surface area contributed by atoms with Gasteiger partial charge in [-0.05, 0) is 31.6 Å². The highest BCUT2D eigenvalue weighted by molar-refractivity contribution is 7.85. The summed E-state index contributed by atoms with van der Waals surface area (Å²) in [5.41, 5.74) is 0.162. The Morgan fingerprint density at radius 3 is 2.54 bits per heavy atom. The number of nitrogens with one attached hydrogen (secondary N) is 2. The molecule has 2 aromatic heterocycles. The van der Waals surface area contributed by atoms with Crippen molar-refractivity contribution in [2.24, 2.45) is 0 Å². The molecule has 0 bridgehead atoms. The van der Waals surface area contributed by atoms with Gasteiger partial charge in [-0.25, -0.2) is 8.51 Å². The van der Waals surface area contributed by atoms with E-state index in [0.29, 0.717) is 11.7 Å². The van der Waals surface area contributed by atoms with Gasteiger partial charge in [-0.3, -0.25) is 9.59 Å². The fourth-order valence-corrected chi connectivity index (χ4v) is 4.64. The predicted octanol–water partition coefficient (Wildman–Crippen LogP) is 2.71. The summed E-state index contributed by atoms with van der Waals surface area (Å²) in [6, 6.07) is 1.89. The Labute approximate surface area is 168 Å². The van der Waals surface area contributed by atoms with Gasteiger partial charge in [0.1, 0.15) is 28.1 Å². The Morgan fingerprint density at radius 1 is 1.25 bits per heavy atom. The molecule has 150 valence electrons. The average Bonchev–Trinajstić information content (AvgIpc) is 3.27. The molecular formula is C18H21N3O5S2.